The molecule has 1 aromatic carbocycles. The number of hydrogen-bond donors (Lipinski definition) is 1. The van der Waals surface area contributed by atoms with E-state index in [1.54, 1.807) is 14.0 Å². The lowest BCUT2D eigenvalue weighted by molar-refractivity contribution is 0.0467. The summed E-state index contributed by atoms with van der Waals surface area (Å²) in [5.74, 6) is -0.593. The van der Waals surface area contributed by atoms with E-state index >= 15 is 0 Å². The van der Waals surface area contributed by atoms with E-state index in [2.05, 4.69) is 15.9 Å². The predicted molar refractivity (Wildman–Crippen MR) is 77.0 cm³/mol. The summed E-state index contributed by atoms with van der Waals surface area (Å²) in [6.45, 7) is 2.36. The van der Waals surface area contributed by atoms with Crippen molar-refractivity contribution >= 4 is 31.9 Å². The van der Waals surface area contributed by atoms with Crippen molar-refractivity contribution < 1.29 is 22.7 Å². The summed E-state index contributed by atoms with van der Waals surface area (Å²) in [6, 6.07) is 2.57. The molecule has 0 bridgehead atoms. The van der Waals surface area contributed by atoms with Gasteiger partial charge in [0.05, 0.1) is 17.1 Å². The summed E-state index contributed by atoms with van der Waals surface area (Å²) in [4.78, 5) is 11.8. The Kier molecular flexibility index (Phi) is 6.12. The third-order valence-corrected chi connectivity index (χ3v) is 4.31. The monoisotopic (exact) mass is 365 g/mol. The van der Waals surface area contributed by atoms with Gasteiger partial charge in [0.1, 0.15) is 0 Å². The van der Waals surface area contributed by atoms with E-state index in [9.17, 15) is 13.2 Å². The van der Waals surface area contributed by atoms with Crippen LogP contribution >= 0.6 is 15.9 Å². The van der Waals surface area contributed by atoms with Crippen LogP contribution in [0, 0.1) is 6.92 Å². The first-order chi connectivity index (χ1) is 9.27. The van der Waals surface area contributed by atoms with Crippen LogP contribution in [0.4, 0.5) is 0 Å². The molecule has 0 aliphatic rings. The smallest absolute Gasteiger partial charge is 0.338 e. The Morgan fingerprint density at radius 1 is 1.35 bits per heavy atom. The van der Waals surface area contributed by atoms with E-state index < -0.39 is 16.0 Å². The molecule has 0 fully saturated rings. The minimum absolute atomic E-state index is 0.140. The largest absolute Gasteiger partial charge is 0.462 e. The minimum Gasteiger partial charge on any atom is -0.462 e. The number of methoxy groups -OCH3 is 1. The number of primary sulfonamides is 1. The van der Waals surface area contributed by atoms with E-state index in [4.69, 9.17) is 14.6 Å². The van der Waals surface area contributed by atoms with Gasteiger partial charge in [-0.2, -0.15) is 0 Å². The average Bonchev–Trinajstić information content (AvgIpc) is 2.36. The van der Waals surface area contributed by atoms with Gasteiger partial charge in [-0.1, -0.05) is 15.9 Å². The van der Waals surface area contributed by atoms with Crippen LogP contribution in [0.5, 0.6) is 0 Å². The summed E-state index contributed by atoms with van der Waals surface area (Å²) in [5, 5.41) is 5.07. The Bertz CT molecular complexity index is 600. The quantitative estimate of drug-likeness (QED) is 0.609. The first kappa shape index (κ1) is 17.1. The lowest BCUT2D eigenvalue weighted by Gasteiger charge is -2.10. The molecule has 0 atom stereocenters. The van der Waals surface area contributed by atoms with Crippen LogP contribution in [0.2, 0.25) is 0 Å². The van der Waals surface area contributed by atoms with Gasteiger partial charge in [-0.3, -0.25) is 0 Å². The standard InChI is InChI=1S/C12H16BrNO5S/c1-8-10(12(15)19-5-3-4-18-2)6-9(7-11(8)13)20(14,16)17/h6-7H,3-5H2,1-2H3,(H2,14,16,17). The highest BCUT2D eigenvalue weighted by Crippen LogP contribution is 2.25. The number of hydrogen-bond acceptors (Lipinski definition) is 5. The van der Waals surface area contributed by atoms with Crippen LogP contribution in [0.3, 0.4) is 0 Å². The van der Waals surface area contributed by atoms with Gasteiger partial charge < -0.3 is 9.47 Å². The highest BCUT2D eigenvalue weighted by molar-refractivity contribution is 9.10. The third-order valence-electron chi connectivity index (χ3n) is 2.59. The molecule has 6 nitrogen and oxygen atoms in total. The third kappa shape index (κ3) is 4.55. The topological polar surface area (TPSA) is 95.7 Å². The molecular formula is C12H16BrNO5S. The van der Waals surface area contributed by atoms with Crippen molar-refractivity contribution in [2.45, 2.75) is 18.2 Å². The molecule has 0 spiro atoms. The first-order valence-corrected chi connectivity index (χ1v) is 8.10. The van der Waals surface area contributed by atoms with Crippen molar-refractivity contribution in [2.75, 3.05) is 20.3 Å². The highest BCUT2D eigenvalue weighted by atomic mass is 79.9. The second kappa shape index (κ2) is 7.16. The predicted octanol–water partition coefficient (Wildman–Crippen LogP) is 1.60. The molecule has 8 heteroatoms. The number of carbonyl (C=O) groups is 1. The fourth-order valence-electron chi connectivity index (χ4n) is 1.48. The Hall–Kier alpha value is -0.960. The van der Waals surface area contributed by atoms with Gasteiger partial charge in [-0.25, -0.2) is 18.4 Å². The Balaban J connectivity index is 2.99. The van der Waals surface area contributed by atoms with E-state index in [0.717, 1.165) is 0 Å². The fourth-order valence-corrected chi connectivity index (χ4v) is 2.65. The average molecular weight is 366 g/mol. The molecule has 1 aromatic rings. The Morgan fingerprint density at radius 2 is 2.00 bits per heavy atom. The maximum absolute atomic E-state index is 11.9. The molecule has 2 N–H and O–H groups in total. The minimum atomic E-state index is -3.88. The molecular weight excluding hydrogens is 350 g/mol. The van der Waals surface area contributed by atoms with Gasteiger partial charge in [0.2, 0.25) is 10.0 Å². The van der Waals surface area contributed by atoms with Crippen molar-refractivity contribution in [3.63, 3.8) is 0 Å². The van der Waals surface area contributed by atoms with Crippen molar-refractivity contribution in [3.05, 3.63) is 27.7 Å². The summed E-state index contributed by atoms with van der Waals surface area (Å²) in [5.41, 5.74) is 0.759. The maximum Gasteiger partial charge on any atom is 0.338 e. The molecule has 0 heterocycles. The number of rotatable bonds is 6. The number of carbonyl (C=O) groups excluding carboxylic acids is 1. The van der Waals surface area contributed by atoms with Gasteiger partial charge >= 0.3 is 5.97 Å². The zero-order valence-electron chi connectivity index (χ0n) is 11.2. The van der Waals surface area contributed by atoms with Crippen molar-refractivity contribution in [2.24, 2.45) is 5.14 Å². The van der Waals surface area contributed by atoms with Crippen LogP contribution in [0.1, 0.15) is 22.3 Å². The first-order valence-electron chi connectivity index (χ1n) is 5.76. The van der Waals surface area contributed by atoms with Crippen LogP contribution in [-0.4, -0.2) is 34.7 Å². The molecule has 0 unspecified atom stereocenters. The molecule has 0 saturated heterocycles. The maximum atomic E-state index is 11.9. The van der Waals surface area contributed by atoms with Crippen LogP contribution in [0.15, 0.2) is 21.5 Å². The number of halogens is 1. The summed E-state index contributed by atoms with van der Waals surface area (Å²) < 4.78 is 33.1. The summed E-state index contributed by atoms with van der Waals surface area (Å²) in [7, 11) is -2.33. The zero-order valence-corrected chi connectivity index (χ0v) is 13.6. The van der Waals surface area contributed by atoms with Gasteiger partial charge in [-0.15, -0.1) is 0 Å². The molecule has 112 valence electrons. The zero-order chi connectivity index (χ0) is 15.3. The number of benzene rings is 1. The molecule has 0 amide bonds. The van der Waals surface area contributed by atoms with E-state index in [-0.39, 0.29) is 17.1 Å². The number of esters is 1. The van der Waals surface area contributed by atoms with Crippen molar-refractivity contribution in [3.8, 4) is 0 Å². The Labute approximate surface area is 126 Å². The second-order valence-electron chi connectivity index (χ2n) is 4.10. The van der Waals surface area contributed by atoms with Gasteiger partial charge in [0.25, 0.3) is 0 Å². The van der Waals surface area contributed by atoms with Crippen LogP contribution in [0.25, 0.3) is 0 Å². The van der Waals surface area contributed by atoms with Crippen molar-refractivity contribution in [1.82, 2.24) is 0 Å². The SMILES string of the molecule is COCCCOC(=O)c1cc(S(N)(=O)=O)cc(Br)c1C. The molecule has 0 radical (unpaired) electrons. The molecule has 0 aliphatic carbocycles. The fraction of sp³-hybridized carbons (Fsp3) is 0.417. The molecule has 0 aromatic heterocycles. The molecule has 20 heavy (non-hydrogen) atoms. The second-order valence-corrected chi connectivity index (χ2v) is 6.52. The van der Waals surface area contributed by atoms with Gasteiger partial charge in [0, 0.05) is 24.6 Å². The van der Waals surface area contributed by atoms with Crippen LogP contribution in [-0.2, 0) is 19.5 Å². The molecule has 0 saturated carbocycles. The van der Waals surface area contributed by atoms with Crippen molar-refractivity contribution in [1.29, 1.82) is 0 Å². The van der Waals surface area contributed by atoms with Gasteiger partial charge in [-0.05, 0) is 24.6 Å². The summed E-state index contributed by atoms with van der Waals surface area (Å²) >= 11 is 3.20. The van der Waals surface area contributed by atoms with E-state index in [1.807, 2.05) is 0 Å². The number of sulfonamides is 1. The van der Waals surface area contributed by atoms with Gasteiger partial charge in [0.15, 0.2) is 0 Å². The van der Waals surface area contributed by atoms with E-state index in [0.29, 0.717) is 23.1 Å². The normalized spacial score (nSPS) is 11.4. The number of ether oxygens (including phenoxy) is 2. The molecule has 1 rings (SSSR count). The summed E-state index contributed by atoms with van der Waals surface area (Å²) in [6.07, 6.45) is 0.567. The molecule has 0 aliphatic heterocycles. The van der Waals surface area contributed by atoms with E-state index in [1.165, 1.54) is 12.1 Å². The Morgan fingerprint density at radius 3 is 2.55 bits per heavy atom. The lowest BCUT2D eigenvalue weighted by atomic mass is 10.1. The van der Waals surface area contributed by atoms with Crippen LogP contribution < -0.4 is 5.14 Å². The highest BCUT2D eigenvalue weighted by Gasteiger charge is 2.18. The lowest BCUT2D eigenvalue weighted by Crippen LogP contribution is -2.15. The number of nitrogens with two attached hydrogens (primary N) is 1.